The zero-order chi connectivity index (χ0) is 9.90. The van der Waals surface area contributed by atoms with Gasteiger partial charge in [-0.25, -0.2) is 0 Å². The molecule has 0 spiro atoms. The van der Waals surface area contributed by atoms with Gasteiger partial charge in [-0.05, 0) is 6.92 Å². The molecule has 2 unspecified atom stereocenters. The molecule has 0 bridgehead atoms. The molecule has 2 atom stereocenters. The van der Waals surface area contributed by atoms with Gasteiger partial charge in [0.2, 0.25) is 0 Å². The highest BCUT2D eigenvalue weighted by Crippen LogP contribution is 2.63. The number of rotatable bonds is 3. The van der Waals surface area contributed by atoms with Crippen LogP contribution in [0, 0.1) is 5.92 Å². The van der Waals surface area contributed by atoms with Crippen molar-refractivity contribution in [1.29, 1.82) is 0 Å². The Kier molecular flexibility index (Phi) is 3.74. The molecule has 0 aliphatic carbocycles. The molecule has 0 aromatic rings. The molecule has 1 aliphatic rings. The molecule has 1 aliphatic heterocycles. The van der Waals surface area contributed by atoms with E-state index in [9.17, 15) is 4.57 Å². The van der Waals surface area contributed by atoms with Gasteiger partial charge in [0, 0.05) is 11.5 Å². The maximum atomic E-state index is 11.9. The molecule has 0 aromatic heterocycles. The second-order valence-electron chi connectivity index (χ2n) is 2.59. The van der Waals surface area contributed by atoms with Crippen LogP contribution in [0.15, 0.2) is 23.5 Å². The van der Waals surface area contributed by atoms with Crippen LogP contribution in [0.1, 0.15) is 6.92 Å². The van der Waals surface area contributed by atoms with Gasteiger partial charge in [-0.1, -0.05) is 17.7 Å². The Morgan fingerprint density at radius 3 is 3.08 bits per heavy atom. The summed E-state index contributed by atoms with van der Waals surface area (Å²) < 4.78 is 22.1. The van der Waals surface area contributed by atoms with Gasteiger partial charge in [-0.3, -0.25) is 4.57 Å². The quantitative estimate of drug-likeness (QED) is 0.544. The smallest absolute Gasteiger partial charge is 0.306 e. The Labute approximate surface area is 82.9 Å². The maximum Gasteiger partial charge on any atom is 0.358 e. The first-order valence-electron chi connectivity index (χ1n) is 4.00. The predicted octanol–water partition coefficient (Wildman–Crippen LogP) is 3.13. The molecular weight excluding hydrogens is 211 g/mol. The zero-order valence-corrected chi connectivity index (χ0v) is 9.05. The van der Waals surface area contributed by atoms with Crippen LogP contribution in [0.4, 0.5) is 0 Å². The van der Waals surface area contributed by atoms with Gasteiger partial charge in [0.25, 0.3) is 0 Å². The number of hydrogen-bond acceptors (Lipinski definition) is 3. The summed E-state index contributed by atoms with van der Waals surface area (Å²) in [6.45, 7) is 6.05. The third-order valence-electron chi connectivity index (χ3n) is 1.82. The maximum absolute atomic E-state index is 11.9. The summed E-state index contributed by atoms with van der Waals surface area (Å²) in [7, 11) is -3.09. The second kappa shape index (κ2) is 4.43. The fourth-order valence-electron chi connectivity index (χ4n) is 1.15. The molecule has 3 nitrogen and oxygen atoms in total. The molecule has 0 saturated carbocycles. The minimum atomic E-state index is -3.09. The largest absolute Gasteiger partial charge is 0.358 e. The standard InChI is InChI=1S/C8H12ClO3P/c1-3-7-6-12-13(10,11-4-2)8(7)5-9/h3,5,7H,1,4,6H2,2H3/b8-5-. The molecule has 74 valence electrons. The Balaban J connectivity index is 2.91. The van der Waals surface area contributed by atoms with Crippen LogP contribution in [0.2, 0.25) is 0 Å². The van der Waals surface area contributed by atoms with Crippen molar-refractivity contribution in [2.45, 2.75) is 6.92 Å². The van der Waals surface area contributed by atoms with Gasteiger partial charge >= 0.3 is 7.60 Å². The van der Waals surface area contributed by atoms with Gasteiger partial charge in [0.15, 0.2) is 0 Å². The second-order valence-corrected chi connectivity index (χ2v) is 4.83. The fourth-order valence-corrected chi connectivity index (χ4v) is 3.45. The van der Waals surface area contributed by atoms with Crippen molar-refractivity contribution in [2.75, 3.05) is 13.2 Å². The monoisotopic (exact) mass is 222 g/mol. The SMILES string of the molecule is C=CC1COP(=O)(OCC)/C1=C\Cl. The first kappa shape index (κ1) is 11.0. The highest BCUT2D eigenvalue weighted by molar-refractivity contribution is 7.58. The van der Waals surface area contributed by atoms with Crippen LogP contribution in [-0.2, 0) is 13.6 Å². The first-order chi connectivity index (χ1) is 6.18. The first-order valence-corrected chi connectivity index (χ1v) is 5.98. The van der Waals surface area contributed by atoms with E-state index in [0.29, 0.717) is 18.5 Å². The lowest BCUT2D eigenvalue weighted by Crippen LogP contribution is -1.95. The number of hydrogen-bond donors (Lipinski definition) is 0. The Morgan fingerprint density at radius 2 is 2.62 bits per heavy atom. The minimum absolute atomic E-state index is 0.0881. The lowest BCUT2D eigenvalue weighted by molar-refractivity contribution is 0.234. The molecule has 1 fully saturated rings. The Hall–Kier alpha value is -0.0800. The summed E-state index contributed by atoms with van der Waals surface area (Å²) in [5.74, 6) is -0.0881. The lowest BCUT2D eigenvalue weighted by atomic mass is 10.1. The van der Waals surface area contributed by atoms with Gasteiger partial charge < -0.3 is 9.05 Å². The summed E-state index contributed by atoms with van der Waals surface area (Å²) in [5.41, 5.74) is 1.27. The van der Waals surface area contributed by atoms with E-state index in [4.69, 9.17) is 20.6 Å². The number of halogens is 1. The van der Waals surface area contributed by atoms with Crippen molar-refractivity contribution in [3.8, 4) is 0 Å². The average Bonchev–Trinajstić information content (AvgIpc) is 2.42. The van der Waals surface area contributed by atoms with Crippen molar-refractivity contribution >= 4 is 19.2 Å². The topological polar surface area (TPSA) is 35.5 Å². The van der Waals surface area contributed by atoms with Crippen LogP contribution in [-0.4, -0.2) is 13.2 Å². The fraction of sp³-hybridized carbons (Fsp3) is 0.500. The van der Waals surface area contributed by atoms with E-state index >= 15 is 0 Å². The van der Waals surface area contributed by atoms with Gasteiger partial charge in [-0.15, -0.1) is 6.58 Å². The third kappa shape index (κ3) is 2.05. The minimum Gasteiger partial charge on any atom is -0.306 e. The molecule has 1 rings (SSSR count). The van der Waals surface area contributed by atoms with E-state index in [1.54, 1.807) is 13.0 Å². The summed E-state index contributed by atoms with van der Waals surface area (Å²) in [6.07, 6.45) is 1.66. The summed E-state index contributed by atoms with van der Waals surface area (Å²) in [6, 6.07) is 0. The average molecular weight is 223 g/mol. The van der Waals surface area contributed by atoms with Crippen LogP contribution in [0.25, 0.3) is 0 Å². The van der Waals surface area contributed by atoms with E-state index in [0.717, 1.165) is 0 Å². The van der Waals surface area contributed by atoms with Crippen LogP contribution in [0.3, 0.4) is 0 Å². The van der Waals surface area contributed by atoms with Gasteiger partial charge in [0.05, 0.1) is 18.5 Å². The van der Waals surface area contributed by atoms with Crippen LogP contribution >= 0.6 is 19.2 Å². The molecule has 0 amide bonds. The predicted molar refractivity (Wildman–Crippen MR) is 52.8 cm³/mol. The van der Waals surface area contributed by atoms with Crippen LogP contribution in [0.5, 0.6) is 0 Å². The summed E-state index contributed by atoms with van der Waals surface area (Å²) in [5, 5.41) is 0.506. The van der Waals surface area contributed by atoms with Crippen molar-refractivity contribution in [3.63, 3.8) is 0 Å². The van der Waals surface area contributed by atoms with Crippen molar-refractivity contribution in [1.82, 2.24) is 0 Å². The van der Waals surface area contributed by atoms with E-state index in [2.05, 4.69) is 6.58 Å². The van der Waals surface area contributed by atoms with Crippen molar-refractivity contribution < 1.29 is 13.6 Å². The molecule has 0 aromatic carbocycles. The van der Waals surface area contributed by atoms with E-state index in [1.165, 1.54) is 5.54 Å². The zero-order valence-electron chi connectivity index (χ0n) is 7.40. The van der Waals surface area contributed by atoms with Gasteiger partial charge in [0.1, 0.15) is 0 Å². The molecule has 13 heavy (non-hydrogen) atoms. The Morgan fingerprint density at radius 1 is 1.92 bits per heavy atom. The Bertz CT molecular complexity index is 275. The van der Waals surface area contributed by atoms with Crippen molar-refractivity contribution in [3.05, 3.63) is 23.5 Å². The molecule has 0 N–H and O–H groups in total. The highest BCUT2D eigenvalue weighted by atomic mass is 35.5. The third-order valence-corrected chi connectivity index (χ3v) is 4.38. The van der Waals surface area contributed by atoms with Gasteiger partial charge in [-0.2, -0.15) is 0 Å². The van der Waals surface area contributed by atoms with E-state index in [1.807, 2.05) is 0 Å². The summed E-state index contributed by atoms with van der Waals surface area (Å²) in [4.78, 5) is 0. The molecule has 1 saturated heterocycles. The molecule has 0 radical (unpaired) electrons. The highest BCUT2D eigenvalue weighted by Gasteiger charge is 2.41. The molecule has 5 heteroatoms. The van der Waals surface area contributed by atoms with E-state index in [-0.39, 0.29) is 5.92 Å². The molecule has 1 heterocycles. The summed E-state index contributed by atoms with van der Waals surface area (Å²) >= 11 is 5.56. The van der Waals surface area contributed by atoms with Crippen molar-refractivity contribution in [2.24, 2.45) is 5.92 Å². The van der Waals surface area contributed by atoms with E-state index < -0.39 is 7.60 Å². The lowest BCUT2D eigenvalue weighted by Gasteiger charge is -2.11. The molecular formula is C8H12ClO3P. The van der Waals surface area contributed by atoms with Crippen LogP contribution < -0.4 is 0 Å². The normalized spacial score (nSPS) is 36.8.